The van der Waals surface area contributed by atoms with E-state index >= 15 is 0 Å². The van der Waals surface area contributed by atoms with E-state index in [2.05, 4.69) is 20.7 Å². The summed E-state index contributed by atoms with van der Waals surface area (Å²) in [6, 6.07) is 1.92. The van der Waals surface area contributed by atoms with Crippen LogP contribution in [-0.4, -0.2) is 11.3 Å². The molecule has 8 heteroatoms. The second-order valence-electron chi connectivity index (χ2n) is 2.87. The Morgan fingerprint density at radius 1 is 1.44 bits per heavy atom. The lowest BCUT2D eigenvalue weighted by Crippen LogP contribution is -2.17. The molecule has 0 atom stereocenters. The van der Waals surface area contributed by atoms with Gasteiger partial charge in [0.2, 0.25) is 0 Å². The summed E-state index contributed by atoms with van der Waals surface area (Å²) in [6.07, 6.45) is -4.88. The summed E-state index contributed by atoms with van der Waals surface area (Å²) >= 11 is 2.84. The monoisotopic (exact) mass is 299 g/mol. The van der Waals surface area contributed by atoms with Gasteiger partial charge in [0.15, 0.2) is 5.75 Å². The summed E-state index contributed by atoms with van der Waals surface area (Å²) in [7, 11) is 0. The first-order valence-electron chi connectivity index (χ1n) is 3.91. The molecular formula is C8H5BrF3NO3. The number of ether oxygens (including phenoxy) is 1. The first kappa shape index (κ1) is 12.8. The Morgan fingerprint density at radius 2 is 2.00 bits per heavy atom. The van der Waals surface area contributed by atoms with Gasteiger partial charge in [-0.25, -0.2) is 0 Å². The quantitative estimate of drug-likeness (QED) is 0.620. The van der Waals surface area contributed by atoms with Gasteiger partial charge in [0.05, 0.1) is 15.5 Å². The minimum atomic E-state index is -4.88. The molecule has 0 amide bonds. The van der Waals surface area contributed by atoms with Gasteiger partial charge in [-0.1, -0.05) is 0 Å². The van der Waals surface area contributed by atoms with Crippen molar-refractivity contribution in [2.24, 2.45) is 0 Å². The van der Waals surface area contributed by atoms with Crippen LogP contribution < -0.4 is 4.74 Å². The van der Waals surface area contributed by atoms with Crippen molar-refractivity contribution >= 4 is 21.6 Å². The maximum atomic E-state index is 11.9. The number of nitro benzene ring substituents is 1. The Morgan fingerprint density at radius 3 is 2.44 bits per heavy atom. The van der Waals surface area contributed by atoms with Crippen molar-refractivity contribution in [3.63, 3.8) is 0 Å². The van der Waals surface area contributed by atoms with Crippen LogP contribution in [-0.2, 0) is 0 Å². The predicted octanol–water partition coefficient (Wildman–Crippen LogP) is 3.56. The van der Waals surface area contributed by atoms with Gasteiger partial charge in [-0.3, -0.25) is 10.1 Å². The summed E-state index contributed by atoms with van der Waals surface area (Å²) in [6.45, 7) is 1.42. The Bertz CT molecular complexity index is 433. The predicted molar refractivity (Wildman–Crippen MR) is 52.2 cm³/mol. The average Bonchev–Trinajstić information content (AvgIpc) is 2.07. The zero-order valence-corrected chi connectivity index (χ0v) is 9.42. The molecule has 1 rings (SSSR count). The molecule has 0 fully saturated rings. The zero-order valence-electron chi connectivity index (χ0n) is 7.84. The Hall–Kier alpha value is -1.31. The van der Waals surface area contributed by atoms with Gasteiger partial charge in [0.1, 0.15) is 0 Å². The van der Waals surface area contributed by atoms with Gasteiger partial charge < -0.3 is 4.74 Å². The van der Waals surface area contributed by atoms with E-state index in [0.717, 1.165) is 6.07 Å². The fourth-order valence-corrected chi connectivity index (χ4v) is 1.58. The molecule has 0 radical (unpaired) electrons. The third kappa shape index (κ3) is 3.09. The third-order valence-corrected chi connectivity index (χ3v) is 2.29. The molecule has 0 heterocycles. The number of hydrogen-bond acceptors (Lipinski definition) is 3. The largest absolute Gasteiger partial charge is 0.573 e. The standard InChI is InChI=1S/C8H5BrF3NO3/c1-4-2-5(9)7(16-8(10,11)12)3-6(4)13(14)15/h2-3H,1H3. The lowest BCUT2D eigenvalue weighted by molar-refractivity contribution is -0.385. The number of aryl methyl sites for hydroxylation is 1. The molecule has 0 unspecified atom stereocenters. The number of nitrogens with zero attached hydrogens (tertiary/aromatic N) is 1. The van der Waals surface area contributed by atoms with Crippen molar-refractivity contribution in [1.82, 2.24) is 0 Å². The van der Waals surface area contributed by atoms with Gasteiger partial charge in [-0.05, 0) is 28.9 Å². The second kappa shape index (κ2) is 4.28. The summed E-state index contributed by atoms with van der Waals surface area (Å²) < 4.78 is 39.5. The van der Waals surface area contributed by atoms with Gasteiger partial charge in [-0.15, -0.1) is 13.2 Å². The highest BCUT2D eigenvalue weighted by atomic mass is 79.9. The van der Waals surface area contributed by atoms with Gasteiger partial charge in [0, 0.05) is 5.56 Å². The first-order valence-corrected chi connectivity index (χ1v) is 4.70. The fourth-order valence-electron chi connectivity index (χ4n) is 1.04. The number of benzene rings is 1. The number of rotatable bonds is 2. The zero-order chi connectivity index (χ0) is 12.5. The molecule has 0 bridgehead atoms. The normalized spacial score (nSPS) is 11.3. The minimum Gasteiger partial charge on any atom is -0.404 e. The van der Waals surface area contributed by atoms with Crippen LogP contribution in [0.15, 0.2) is 16.6 Å². The van der Waals surface area contributed by atoms with Crippen molar-refractivity contribution in [2.45, 2.75) is 13.3 Å². The smallest absolute Gasteiger partial charge is 0.404 e. The summed E-state index contributed by atoms with van der Waals surface area (Å²) in [5.41, 5.74) is -0.186. The molecule has 0 N–H and O–H groups in total. The summed E-state index contributed by atoms with van der Waals surface area (Å²) in [4.78, 5) is 9.73. The van der Waals surface area contributed by atoms with Crippen molar-refractivity contribution in [3.8, 4) is 5.75 Å². The Labute approximate surface area is 96.3 Å². The average molecular weight is 300 g/mol. The lowest BCUT2D eigenvalue weighted by atomic mass is 10.2. The third-order valence-electron chi connectivity index (χ3n) is 1.67. The van der Waals surface area contributed by atoms with Crippen LogP contribution in [0.3, 0.4) is 0 Å². The van der Waals surface area contributed by atoms with E-state index < -0.39 is 22.7 Å². The molecule has 4 nitrogen and oxygen atoms in total. The van der Waals surface area contributed by atoms with E-state index in [9.17, 15) is 23.3 Å². The van der Waals surface area contributed by atoms with Crippen molar-refractivity contribution in [2.75, 3.05) is 0 Å². The number of nitro groups is 1. The van der Waals surface area contributed by atoms with Gasteiger partial charge in [0.25, 0.3) is 5.69 Å². The first-order chi connectivity index (χ1) is 7.20. The second-order valence-corrected chi connectivity index (χ2v) is 3.73. The highest BCUT2D eigenvalue weighted by Gasteiger charge is 2.33. The van der Waals surface area contributed by atoms with E-state index in [1.165, 1.54) is 13.0 Å². The molecule has 0 aliphatic rings. The molecule has 0 aromatic heterocycles. The van der Waals surface area contributed by atoms with Crippen LogP contribution in [0.25, 0.3) is 0 Å². The number of alkyl halides is 3. The van der Waals surface area contributed by atoms with E-state index in [0.29, 0.717) is 0 Å². The van der Waals surface area contributed by atoms with E-state index in [1.807, 2.05) is 0 Å². The SMILES string of the molecule is Cc1cc(Br)c(OC(F)(F)F)cc1[N+](=O)[O-]. The number of hydrogen-bond donors (Lipinski definition) is 0. The van der Waals surface area contributed by atoms with Crippen LogP contribution in [0.5, 0.6) is 5.75 Å². The Balaban J connectivity index is 3.20. The van der Waals surface area contributed by atoms with Crippen molar-refractivity contribution < 1.29 is 22.8 Å². The molecule has 1 aromatic carbocycles. The molecule has 16 heavy (non-hydrogen) atoms. The molecule has 1 aromatic rings. The fraction of sp³-hybridized carbons (Fsp3) is 0.250. The maximum Gasteiger partial charge on any atom is 0.573 e. The summed E-state index contributed by atoms with van der Waals surface area (Å²) in [5, 5.41) is 10.5. The lowest BCUT2D eigenvalue weighted by Gasteiger charge is -2.10. The van der Waals surface area contributed by atoms with Crippen LogP contribution in [0.2, 0.25) is 0 Å². The Kier molecular flexibility index (Phi) is 3.41. The van der Waals surface area contributed by atoms with Gasteiger partial charge >= 0.3 is 6.36 Å². The van der Waals surface area contributed by atoms with E-state index in [-0.39, 0.29) is 10.0 Å². The van der Waals surface area contributed by atoms with Crippen molar-refractivity contribution in [1.29, 1.82) is 0 Å². The topological polar surface area (TPSA) is 52.4 Å². The molecule has 0 saturated carbocycles. The summed E-state index contributed by atoms with van der Waals surface area (Å²) in [5.74, 6) is -0.634. The molecule has 0 aliphatic carbocycles. The molecular weight excluding hydrogens is 295 g/mol. The van der Waals surface area contributed by atoms with Crippen LogP contribution in [0.1, 0.15) is 5.56 Å². The highest BCUT2D eigenvalue weighted by molar-refractivity contribution is 9.10. The molecule has 0 aliphatic heterocycles. The highest BCUT2D eigenvalue weighted by Crippen LogP contribution is 2.35. The van der Waals surface area contributed by atoms with Crippen LogP contribution in [0, 0.1) is 17.0 Å². The van der Waals surface area contributed by atoms with E-state index in [1.54, 1.807) is 0 Å². The maximum absolute atomic E-state index is 11.9. The van der Waals surface area contributed by atoms with Gasteiger partial charge in [-0.2, -0.15) is 0 Å². The molecule has 0 saturated heterocycles. The molecule has 88 valence electrons. The number of halogens is 4. The molecule has 0 spiro atoms. The van der Waals surface area contributed by atoms with Crippen LogP contribution >= 0.6 is 15.9 Å². The van der Waals surface area contributed by atoms with E-state index in [4.69, 9.17) is 0 Å². The van der Waals surface area contributed by atoms with Crippen molar-refractivity contribution in [3.05, 3.63) is 32.3 Å². The van der Waals surface area contributed by atoms with Crippen LogP contribution in [0.4, 0.5) is 18.9 Å². The minimum absolute atomic E-state index is 0.00734.